The normalized spacial score (nSPS) is 16.8. The summed E-state index contributed by atoms with van der Waals surface area (Å²) < 4.78 is 7.39. The minimum Gasteiger partial charge on any atom is -0.380 e. The Morgan fingerprint density at radius 1 is 1.47 bits per heavy atom. The average Bonchev–Trinajstić information content (AvgIpc) is 2.82. The van der Waals surface area contributed by atoms with Gasteiger partial charge in [0.15, 0.2) is 0 Å². The van der Waals surface area contributed by atoms with E-state index in [1.165, 1.54) is 0 Å². The summed E-state index contributed by atoms with van der Waals surface area (Å²) in [4.78, 5) is 0. The lowest BCUT2D eigenvalue weighted by atomic mass is 10.1. The number of rotatable bonds is 7. The van der Waals surface area contributed by atoms with Crippen molar-refractivity contribution < 1.29 is 4.74 Å². The maximum absolute atomic E-state index is 5.35. The minimum absolute atomic E-state index is 0.189. The van der Waals surface area contributed by atoms with Gasteiger partial charge in [-0.05, 0) is 33.4 Å². The maximum atomic E-state index is 5.35. The van der Waals surface area contributed by atoms with Crippen LogP contribution in [0.5, 0.6) is 0 Å². The predicted molar refractivity (Wildman–Crippen MR) is 70.3 cm³/mol. The van der Waals surface area contributed by atoms with Crippen molar-refractivity contribution in [1.29, 1.82) is 0 Å². The fourth-order valence-electron chi connectivity index (χ4n) is 1.81. The Balaban J connectivity index is 2.64. The molecule has 98 valence electrons. The highest BCUT2D eigenvalue weighted by atomic mass is 16.5. The van der Waals surface area contributed by atoms with Crippen LogP contribution >= 0.6 is 0 Å². The second kappa shape index (κ2) is 6.77. The lowest BCUT2D eigenvalue weighted by Crippen LogP contribution is -2.38. The Bertz CT molecular complexity index is 324. The Labute approximate surface area is 104 Å². The number of likely N-dealkylation sites (N-methyl/N-ethyl adjacent to an activating group) is 1. The molecule has 4 nitrogen and oxygen atoms in total. The molecule has 1 aromatic heterocycles. The van der Waals surface area contributed by atoms with Gasteiger partial charge >= 0.3 is 0 Å². The number of nitrogens with zero attached hydrogens (tertiary/aromatic N) is 2. The Morgan fingerprint density at radius 2 is 2.18 bits per heavy atom. The van der Waals surface area contributed by atoms with Gasteiger partial charge < -0.3 is 10.1 Å². The second-order valence-electron chi connectivity index (χ2n) is 4.58. The van der Waals surface area contributed by atoms with Crippen LogP contribution in [0.25, 0.3) is 0 Å². The van der Waals surface area contributed by atoms with Crippen LogP contribution in [0.2, 0.25) is 0 Å². The van der Waals surface area contributed by atoms with E-state index in [1.54, 1.807) is 7.11 Å². The van der Waals surface area contributed by atoms with E-state index in [4.69, 9.17) is 4.74 Å². The van der Waals surface area contributed by atoms with Crippen LogP contribution in [0.3, 0.4) is 0 Å². The third-order valence-corrected chi connectivity index (χ3v) is 3.44. The first kappa shape index (κ1) is 14.2. The van der Waals surface area contributed by atoms with Crippen molar-refractivity contribution in [2.45, 2.75) is 51.8 Å². The molecule has 1 rings (SSSR count). The molecule has 0 radical (unpaired) electrons. The van der Waals surface area contributed by atoms with Crippen molar-refractivity contribution in [3.05, 3.63) is 18.0 Å². The van der Waals surface area contributed by atoms with Crippen molar-refractivity contribution >= 4 is 0 Å². The first-order valence-electron chi connectivity index (χ1n) is 6.36. The largest absolute Gasteiger partial charge is 0.380 e. The number of hydrogen-bond acceptors (Lipinski definition) is 3. The molecule has 0 aliphatic rings. The van der Waals surface area contributed by atoms with Gasteiger partial charge in [-0.25, -0.2) is 0 Å². The van der Waals surface area contributed by atoms with Crippen molar-refractivity contribution in [3.8, 4) is 0 Å². The summed E-state index contributed by atoms with van der Waals surface area (Å²) in [5.74, 6) is 0. The molecule has 0 aliphatic heterocycles. The van der Waals surface area contributed by atoms with Crippen LogP contribution in [0.1, 0.15) is 38.9 Å². The van der Waals surface area contributed by atoms with E-state index in [1.807, 2.05) is 11.7 Å². The molecule has 0 fully saturated rings. The fourth-order valence-corrected chi connectivity index (χ4v) is 1.81. The molecular weight excluding hydrogens is 214 g/mol. The molecule has 0 aliphatic carbocycles. The van der Waals surface area contributed by atoms with Gasteiger partial charge in [0.25, 0.3) is 0 Å². The lowest BCUT2D eigenvalue weighted by molar-refractivity contribution is 0.0853. The van der Waals surface area contributed by atoms with Gasteiger partial charge in [-0.2, -0.15) is 5.10 Å². The summed E-state index contributed by atoms with van der Waals surface area (Å²) >= 11 is 0. The summed E-state index contributed by atoms with van der Waals surface area (Å²) in [5.41, 5.74) is 1.12. The highest BCUT2D eigenvalue weighted by molar-refractivity contribution is 5.03. The zero-order chi connectivity index (χ0) is 12.8. The monoisotopic (exact) mass is 239 g/mol. The molecule has 0 aromatic carbocycles. The molecule has 0 amide bonds. The summed E-state index contributed by atoms with van der Waals surface area (Å²) in [5, 5.41) is 7.89. The highest BCUT2D eigenvalue weighted by Gasteiger charge is 2.16. The number of methoxy groups -OCH3 is 1. The molecule has 3 atom stereocenters. The molecule has 4 heteroatoms. The third kappa shape index (κ3) is 3.82. The molecular formula is C13H25N3O. The van der Waals surface area contributed by atoms with Crippen LogP contribution in [0.4, 0.5) is 0 Å². The van der Waals surface area contributed by atoms with E-state index >= 15 is 0 Å². The van der Waals surface area contributed by atoms with E-state index < -0.39 is 0 Å². The Kier molecular flexibility index (Phi) is 5.65. The second-order valence-corrected chi connectivity index (χ2v) is 4.58. The van der Waals surface area contributed by atoms with Gasteiger partial charge in [0, 0.05) is 31.8 Å². The SMILES string of the molecule is CCC(C)n1ccc(CC(NC)C(C)OC)n1. The van der Waals surface area contributed by atoms with Gasteiger partial charge in [0.1, 0.15) is 0 Å². The third-order valence-electron chi connectivity index (χ3n) is 3.44. The first-order valence-corrected chi connectivity index (χ1v) is 6.36. The minimum atomic E-state index is 0.189. The maximum Gasteiger partial charge on any atom is 0.0699 e. The smallest absolute Gasteiger partial charge is 0.0699 e. The van der Waals surface area contributed by atoms with Crippen molar-refractivity contribution in [1.82, 2.24) is 15.1 Å². The topological polar surface area (TPSA) is 39.1 Å². The van der Waals surface area contributed by atoms with E-state index in [0.29, 0.717) is 12.1 Å². The highest BCUT2D eigenvalue weighted by Crippen LogP contribution is 2.11. The summed E-state index contributed by atoms with van der Waals surface area (Å²) in [7, 11) is 3.71. The summed E-state index contributed by atoms with van der Waals surface area (Å²) in [6, 6.07) is 2.87. The quantitative estimate of drug-likeness (QED) is 0.791. The van der Waals surface area contributed by atoms with Crippen molar-refractivity contribution in [3.63, 3.8) is 0 Å². The molecule has 3 unspecified atom stereocenters. The van der Waals surface area contributed by atoms with Gasteiger partial charge in [0.05, 0.1) is 11.8 Å². The molecule has 1 aromatic rings. The first-order chi connectivity index (χ1) is 8.12. The molecule has 0 spiro atoms. The number of aromatic nitrogens is 2. The molecule has 1 heterocycles. The van der Waals surface area contributed by atoms with Gasteiger partial charge in [-0.15, -0.1) is 0 Å². The number of hydrogen-bond donors (Lipinski definition) is 1. The van der Waals surface area contributed by atoms with Gasteiger partial charge in [-0.3, -0.25) is 4.68 Å². The zero-order valence-corrected chi connectivity index (χ0v) is 11.6. The van der Waals surface area contributed by atoms with Crippen molar-refractivity contribution in [2.75, 3.05) is 14.2 Å². The lowest BCUT2D eigenvalue weighted by Gasteiger charge is -2.21. The van der Waals surface area contributed by atoms with Crippen LogP contribution in [0, 0.1) is 0 Å². The van der Waals surface area contributed by atoms with Crippen LogP contribution < -0.4 is 5.32 Å². The van der Waals surface area contributed by atoms with E-state index in [-0.39, 0.29) is 6.10 Å². The molecule has 0 saturated carbocycles. The number of ether oxygens (including phenoxy) is 1. The van der Waals surface area contributed by atoms with E-state index in [2.05, 4.69) is 43.4 Å². The molecule has 1 N–H and O–H groups in total. The summed E-state index contributed by atoms with van der Waals surface area (Å²) in [6.45, 7) is 6.44. The van der Waals surface area contributed by atoms with E-state index in [9.17, 15) is 0 Å². The predicted octanol–water partition coefficient (Wildman–Crippen LogP) is 2.02. The average molecular weight is 239 g/mol. The molecule has 17 heavy (non-hydrogen) atoms. The van der Waals surface area contributed by atoms with Crippen LogP contribution in [0.15, 0.2) is 12.3 Å². The fraction of sp³-hybridized carbons (Fsp3) is 0.769. The molecule has 0 bridgehead atoms. The standard InChI is InChI=1S/C13H25N3O/c1-6-10(2)16-8-7-12(15-16)9-13(14-4)11(3)17-5/h7-8,10-11,13-14H,6,9H2,1-5H3. The van der Waals surface area contributed by atoms with Crippen molar-refractivity contribution in [2.24, 2.45) is 0 Å². The number of nitrogens with one attached hydrogen (secondary N) is 1. The van der Waals surface area contributed by atoms with Crippen LogP contribution in [-0.2, 0) is 11.2 Å². The Morgan fingerprint density at radius 3 is 2.71 bits per heavy atom. The van der Waals surface area contributed by atoms with Gasteiger partial charge in [0.2, 0.25) is 0 Å². The van der Waals surface area contributed by atoms with Crippen LogP contribution in [-0.4, -0.2) is 36.1 Å². The van der Waals surface area contributed by atoms with E-state index in [0.717, 1.165) is 18.5 Å². The molecule has 0 saturated heterocycles. The van der Waals surface area contributed by atoms with Gasteiger partial charge in [-0.1, -0.05) is 6.92 Å². The summed E-state index contributed by atoms with van der Waals surface area (Å²) in [6.07, 6.45) is 4.25. The Hall–Kier alpha value is -0.870. The zero-order valence-electron chi connectivity index (χ0n) is 11.6.